The number of hydrogen-bond acceptors (Lipinski definition) is 4. The molecule has 0 radical (unpaired) electrons. The topological polar surface area (TPSA) is 72.5 Å². The summed E-state index contributed by atoms with van der Waals surface area (Å²) in [6, 6.07) is 11.0. The minimum Gasteiger partial charge on any atom is -0.492 e. The maximum absolute atomic E-state index is 12.1. The molecule has 0 unspecified atom stereocenters. The van der Waals surface area contributed by atoms with Crippen LogP contribution in [0.5, 0.6) is 5.75 Å². The second-order valence-electron chi connectivity index (χ2n) is 4.98. The zero-order chi connectivity index (χ0) is 17.7. The quantitative estimate of drug-likeness (QED) is 0.772. The summed E-state index contributed by atoms with van der Waals surface area (Å²) in [5.41, 5.74) is 0.214. The number of carbonyl (C=O) groups is 1. The van der Waals surface area contributed by atoms with E-state index in [2.05, 4.69) is 5.32 Å². The Labute approximate surface area is 150 Å². The van der Waals surface area contributed by atoms with E-state index >= 15 is 0 Å². The van der Waals surface area contributed by atoms with E-state index in [1.807, 2.05) is 0 Å². The number of nitrogens with one attached hydrogen (secondary N) is 1. The van der Waals surface area contributed by atoms with Crippen molar-refractivity contribution in [3.63, 3.8) is 0 Å². The third-order valence-electron chi connectivity index (χ3n) is 3.06. The number of halogens is 2. The lowest BCUT2D eigenvalue weighted by atomic mass is 10.2. The number of benzene rings is 2. The third-order valence-corrected chi connectivity index (χ3v) is 4.89. The maximum atomic E-state index is 12.1. The van der Waals surface area contributed by atoms with Gasteiger partial charge in [0, 0.05) is 16.8 Å². The Balaban J connectivity index is 1.92. The largest absolute Gasteiger partial charge is 0.492 e. The van der Waals surface area contributed by atoms with Gasteiger partial charge >= 0.3 is 0 Å². The molecular weight excluding hydrogens is 373 g/mol. The Morgan fingerprint density at radius 3 is 2.42 bits per heavy atom. The van der Waals surface area contributed by atoms with Gasteiger partial charge in [-0.15, -0.1) is 0 Å². The molecule has 2 rings (SSSR count). The molecule has 0 aliphatic rings. The van der Waals surface area contributed by atoms with Gasteiger partial charge in [-0.3, -0.25) is 4.79 Å². The molecule has 5 nitrogen and oxygen atoms in total. The average molecular weight is 388 g/mol. The van der Waals surface area contributed by atoms with E-state index in [4.69, 9.17) is 27.9 Å². The molecule has 1 amide bonds. The SMILES string of the molecule is CS(=O)(=O)c1cc(C(=O)NCCOc2ccc(Cl)cc2)ccc1Cl. The fraction of sp³-hybridized carbons (Fsp3) is 0.188. The van der Waals surface area contributed by atoms with Crippen molar-refractivity contribution in [1.82, 2.24) is 5.32 Å². The van der Waals surface area contributed by atoms with E-state index in [9.17, 15) is 13.2 Å². The summed E-state index contributed by atoms with van der Waals surface area (Å²) in [7, 11) is -3.50. The smallest absolute Gasteiger partial charge is 0.251 e. The lowest BCUT2D eigenvalue weighted by molar-refractivity contribution is 0.0947. The average Bonchev–Trinajstić information content (AvgIpc) is 2.52. The minimum absolute atomic E-state index is 0.0748. The summed E-state index contributed by atoms with van der Waals surface area (Å²) in [6.45, 7) is 0.526. The Hall–Kier alpha value is -1.76. The van der Waals surface area contributed by atoms with Gasteiger partial charge in [0.25, 0.3) is 5.91 Å². The van der Waals surface area contributed by atoms with E-state index in [0.29, 0.717) is 10.8 Å². The first kappa shape index (κ1) is 18.6. The number of sulfone groups is 1. The molecule has 0 aromatic heterocycles. The molecule has 128 valence electrons. The van der Waals surface area contributed by atoms with E-state index < -0.39 is 15.7 Å². The molecule has 2 aromatic rings. The molecule has 0 aliphatic carbocycles. The number of carbonyl (C=O) groups excluding carboxylic acids is 1. The zero-order valence-corrected chi connectivity index (χ0v) is 15.1. The number of hydrogen-bond donors (Lipinski definition) is 1. The first-order valence-electron chi connectivity index (χ1n) is 6.93. The highest BCUT2D eigenvalue weighted by atomic mass is 35.5. The Bertz CT molecular complexity index is 836. The van der Waals surface area contributed by atoms with Crippen molar-refractivity contribution >= 4 is 38.9 Å². The Kier molecular flexibility index (Phi) is 6.10. The van der Waals surface area contributed by atoms with Crippen molar-refractivity contribution in [2.45, 2.75) is 4.90 Å². The van der Waals surface area contributed by atoms with Crippen LogP contribution in [0.2, 0.25) is 10.0 Å². The molecule has 0 bridgehead atoms. The third kappa shape index (κ3) is 5.12. The van der Waals surface area contributed by atoms with Gasteiger partial charge in [0.05, 0.1) is 16.5 Å². The van der Waals surface area contributed by atoms with Crippen molar-refractivity contribution in [3.8, 4) is 5.75 Å². The van der Waals surface area contributed by atoms with Crippen LogP contribution in [0.1, 0.15) is 10.4 Å². The molecule has 8 heteroatoms. The lowest BCUT2D eigenvalue weighted by Crippen LogP contribution is -2.28. The van der Waals surface area contributed by atoms with Crippen LogP contribution in [-0.4, -0.2) is 33.7 Å². The first-order chi connectivity index (χ1) is 11.3. The molecule has 0 fully saturated rings. The van der Waals surface area contributed by atoms with E-state index in [1.54, 1.807) is 24.3 Å². The van der Waals surface area contributed by atoms with Gasteiger partial charge in [0.1, 0.15) is 12.4 Å². The van der Waals surface area contributed by atoms with Gasteiger partial charge in [0.2, 0.25) is 0 Å². The van der Waals surface area contributed by atoms with Crippen LogP contribution in [0.3, 0.4) is 0 Å². The molecule has 0 saturated heterocycles. The summed E-state index contributed by atoms with van der Waals surface area (Å²) < 4.78 is 28.7. The molecule has 0 aliphatic heterocycles. The minimum atomic E-state index is -3.50. The second-order valence-corrected chi connectivity index (χ2v) is 7.80. The molecule has 0 spiro atoms. The number of rotatable bonds is 6. The van der Waals surface area contributed by atoms with Gasteiger partial charge in [-0.1, -0.05) is 23.2 Å². The summed E-state index contributed by atoms with van der Waals surface area (Å²) in [5, 5.41) is 3.35. The van der Waals surface area contributed by atoms with Gasteiger partial charge < -0.3 is 10.1 Å². The van der Waals surface area contributed by atoms with Crippen LogP contribution in [0.25, 0.3) is 0 Å². The maximum Gasteiger partial charge on any atom is 0.251 e. The predicted octanol–water partition coefficient (Wildman–Crippen LogP) is 3.21. The fourth-order valence-electron chi connectivity index (χ4n) is 1.90. The van der Waals surface area contributed by atoms with Crippen molar-refractivity contribution in [3.05, 3.63) is 58.1 Å². The van der Waals surface area contributed by atoms with Gasteiger partial charge in [-0.05, 0) is 42.5 Å². The number of ether oxygens (including phenoxy) is 1. The molecular formula is C16H15Cl2NO4S. The molecule has 0 atom stereocenters. The molecule has 2 aromatic carbocycles. The van der Waals surface area contributed by atoms with Crippen LogP contribution in [-0.2, 0) is 9.84 Å². The zero-order valence-electron chi connectivity index (χ0n) is 12.8. The van der Waals surface area contributed by atoms with Crippen molar-refractivity contribution in [2.75, 3.05) is 19.4 Å². The summed E-state index contributed by atoms with van der Waals surface area (Å²) in [5.74, 6) is 0.232. The van der Waals surface area contributed by atoms with Crippen LogP contribution < -0.4 is 10.1 Å². The first-order valence-corrected chi connectivity index (χ1v) is 9.58. The highest BCUT2D eigenvalue weighted by Crippen LogP contribution is 2.22. The molecule has 1 N–H and O–H groups in total. The van der Waals surface area contributed by atoms with Crippen LogP contribution >= 0.6 is 23.2 Å². The van der Waals surface area contributed by atoms with Gasteiger partial charge in [0.15, 0.2) is 9.84 Å². The summed E-state index contributed by atoms with van der Waals surface area (Å²) in [6.07, 6.45) is 1.04. The van der Waals surface area contributed by atoms with Gasteiger partial charge in [-0.25, -0.2) is 8.42 Å². The summed E-state index contributed by atoms with van der Waals surface area (Å²) in [4.78, 5) is 12.0. The molecule has 0 saturated carbocycles. The van der Waals surface area contributed by atoms with E-state index in [1.165, 1.54) is 18.2 Å². The highest BCUT2D eigenvalue weighted by Gasteiger charge is 2.15. The number of amides is 1. The second kappa shape index (κ2) is 7.88. The highest BCUT2D eigenvalue weighted by molar-refractivity contribution is 7.90. The fourth-order valence-corrected chi connectivity index (χ4v) is 3.32. The van der Waals surface area contributed by atoms with E-state index in [0.717, 1.165) is 6.26 Å². The van der Waals surface area contributed by atoms with Crippen molar-refractivity contribution in [2.24, 2.45) is 0 Å². The lowest BCUT2D eigenvalue weighted by Gasteiger charge is -2.09. The van der Waals surface area contributed by atoms with Crippen LogP contribution in [0.4, 0.5) is 0 Å². The standard InChI is InChI=1S/C16H15Cl2NO4S/c1-24(21,22)15-10-11(2-7-14(15)18)16(20)19-8-9-23-13-5-3-12(17)4-6-13/h2-7,10H,8-9H2,1H3,(H,19,20). The molecule has 0 heterocycles. The predicted molar refractivity (Wildman–Crippen MR) is 93.8 cm³/mol. The molecule has 24 heavy (non-hydrogen) atoms. The Morgan fingerprint density at radius 2 is 1.79 bits per heavy atom. The van der Waals surface area contributed by atoms with Crippen molar-refractivity contribution in [1.29, 1.82) is 0 Å². The van der Waals surface area contributed by atoms with Gasteiger partial charge in [-0.2, -0.15) is 0 Å². The van der Waals surface area contributed by atoms with Crippen LogP contribution in [0, 0.1) is 0 Å². The van der Waals surface area contributed by atoms with Crippen LogP contribution in [0.15, 0.2) is 47.4 Å². The van der Waals surface area contributed by atoms with E-state index in [-0.39, 0.29) is 28.6 Å². The normalized spacial score (nSPS) is 11.1. The summed E-state index contributed by atoms with van der Waals surface area (Å²) >= 11 is 11.6. The van der Waals surface area contributed by atoms with Crippen molar-refractivity contribution < 1.29 is 17.9 Å². The Morgan fingerprint density at radius 1 is 1.12 bits per heavy atom. The monoisotopic (exact) mass is 387 g/mol.